The van der Waals surface area contributed by atoms with Gasteiger partial charge in [-0.15, -0.1) is 0 Å². The zero-order valence-electron chi connectivity index (χ0n) is 37.1. The van der Waals surface area contributed by atoms with E-state index in [1.165, 1.54) is 94.6 Å². The van der Waals surface area contributed by atoms with Gasteiger partial charge in [-0.3, -0.25) is 4.79 Å². The molecule has 0 radical (unpaired) electrons. The lowest BCUT2D eigenvalue weighted by Crippen LogP contribution is -2.60. The smallest absolute Gasteiger partial charge is 0.305 e. The molecular formula is C50H84O7. The highest BCUT2D eigenvalue weighted by Crippen LogP contribution is 2.67. The Morgan fingerprint density at radius 1 is 0.877 bits per heavy atom. The van der Waals surface area contributed by atoms with E-state index in [1.54, 1.807) is 0 Å². The third kappa shape index (κ3) is 11.5. The number of unbranched alkanes of at least 4 members (excludes halogenated alkanes) is 11. The molecule has 0 aromatic carbocycles. The highest BCUT2D eigenvalue weighted by molar-refractivity contribution is 5.69. The van der Waals surface area contributed by atoms with Crippen LogP contribution in [0.15, 0.2) is 36.0 Å². The Morgan fingerprint density at radius 2 is 1.54 bits per heavy atom. The number of fused-ring (bicyclic) bond motifs is 5. The van der Waals surface area contributed by atoms with E-state index >= 15 is 0 Å². The molecule has 0 unspecified atom stereocenters. The second kappa shape index (κ2) is 21.8. The molecule has 0 amide bonds. The van der Waals surface area contributed by atoms with Crippen molar-refractivity contribution in [3.8, 4) is 0 Å². The van der Waals surface area contributed by atoms with Crippen LogP contribution in [-0.4, -0.2) is 64.7 Å². The quantitative estimate of drug-likeness (QED) is 0.0569. The average molecular weight is 797 g/mol. The molecule has 4 fully saturated rings. The second-order valence-corrected chi connectivity index (χ2v) is 19.9. The van der Waals surface area contributed by atoms with Crippen molar-refractivity contribution < 1.29 is 34.3 Å². The van der Waals surface area contributed by atoms with E-state index in [1.807, 2.05) is 0 Å². The fourth-order valence-electron chi connectivity index (χ4n) is 12.5. The highest BCUT2D eigenvalue weighted by Gasteiger charge is 2.59. The second-order valence-electron chi connectivity index (χ2n) is 19.9. The van der Waals surface area contributed by atoms with E-state index in [-0.39, 0.29) is 24.1 Å². The summed E-state index contributed by atoms with van der Waals surface area (Å²) in [5.74, 6) is 3.62. The fraction of sp³-hybridized carbons (Fsp3) is 0.860. The minimum absolute atomic E-state index is 0.148. The minimum Gasteiger partial charge on any atom is -0.463 e. The number of aliphatic hydroxyl groups is 3. The largest absolute Gasteiger partial charge is 0.463 e. The first kappa shape index (κ1) is 46.6. The SMILES string of the molecule is C=C(C)[C@H](/C=C/[C@@H](C)[C@H]1CC[C@H]2[C@@H]3CC=C4C[C@@H](O[C@@H]5O[C@H](COC(=O)CCCCCCCCCCCCCC)[C@@H](O)[C@H](O)[C@H]5O)CC[C@]4(C)[C@H]3CC[C@]12C)CC. The number of rotatable bonds is 22. The van der Waals surface area contributed by atoms with Gasteiger partial charge in [0.2, 0.25) is 0 Å². The molecule has 5 aliphatic rings. The predicted molar refractivity (Wildman–Crippen MR) is 230 cm³/mol. The Labute approximate surface area is 347 Å². The first-order valence-corrected chi connectivity index (χ1v) is 23.9. The number of carbonyl (C=O) groups excluding carboxylic acids is 1. The van der Waals surface area contributed by atoms with E-state index < -0.39 is 30.7 Å². The van der Waals surface area contributed by atoms with Crippen molar-refractivity contribution in [2.75, 3.05) is 6.61 Å². The van der Waals surface area contributed by atoms with Gasteiger partial charge in [0.15, 0.2) is 6.29 Å². The van der Waals surface area contributed by atoms with E-state index in [0.717, 1.165) is 69.1 Å². The lowest BCUT2D eigenvalue weighted by molar-refractivity contribution is -0.313. The molecule has 1 aliphatic heterocycles. The number of hydrogen-bond donors (Lipinski definition) is 3. The lowest BCUT2D eigenvalue weighted by atomic mass is 9.47. The van der Waals surface area contributed by atoms with Crippen LogP contribution in [0.4, 0.5) is 0 Å². The van der Waals surface area contributed by atoms with Crippen LogP contribution in [0.2, 0.25) is 0 Å². The summed E-state index contributed by atoms with van der Waals surface area (Å²) >= 11 is 0. The molecule has 57 heavy (non-hydrogen) atoms. The maximum atomic E-state index is 12.6. The fourth-order valence-corrected chi connectivity index (χ4v) is 12.5. The van der Waals surface area contributed by atoms with Crippen LogP contribution in [-0.2, 0) is 19.0 Å². The van der Waals surface area contributed by atoms with Gasteiger partial charge in [-0.2, -0.15) is 0 Å². The third-order valence-electron chi connectivity index (χ3n) is 16.1. The van der Waals surface area contributed by atoms with Crippen LogP contribution in [0.1, 0.15) is 183 Å². The zero-order chi connectivity index (χ0) is 41.2. The van der Waals surface area contributed by atoms with Gasteiger partial charge in [0.05, 0.1) is 6.10 Å². The number of carbonyl (C=O) groups is 1. The molecule has 0 aromatic heterocycles. The number of allylic oxidation sites excluding steroid dienone is 4. The van der Waals surface area contributed by atoms with Gasteiger partial charge in [0, 0.05) is 6.42 Å². The summed E-state index contributed by atoms with van der Waals surface area (Å²) in [5, 5.41) is 32.5. The van der Waals surface area contributed by atoms with Gasteiger partial charge in [-0.25, -0.2) is 0 Å². The average Bonchev–Trinajstić information content (AvgIpc) is 3.55. The van der Waals surface area contributed by atoms with Crippen molar-refractivity contribution in [2.24, 2.45) is 46.3 Å². The van der Waals surface area contributed by atoms with E-state index in [4.69, 9.17) is 14.2 Å². The lowest BCUT2D eigenvalue weighted by Gasteiger charge is -2.58. The molecule has 14 atom stereocenters. The van der Waals surface area contributed by atoms with Crippen LogP contribution < -0.4 is 0 Å². The van der Waals surface area contributed by atoms with E-state index in [9.17, 15) is 20.1 Å². The predicted octanol–water partition coefficient (Wildman–Crippen LogP) is 11.2. The monoisotopic (exact) mass is 797 g/mol. The van der Waals surface area contributed by atoms with E-state index in [2.05, 4.69) is 66.3 Å². The number of esters is 1. The topological polar surface area (TPSA) is 105 Å². The molecule has 7 nitrogen and oxygen atoms in total. The van der Waals surface area contributed by atoms with Crippen molar-refractivity contribution in [1.82, 2.24) is 0 Å². The van der Waals surface area contributed by atoms with Crippen molar-refractivity contribution in [3.05, 3.63) is 36.0 Å². The Bertz CT molecular complexity index is 1330. The molecule has 3 saturated carbocycles. The van der Waals surface area contributed by atoms with Crippen molar-refractivity contribution in [1.29, 1.82) is 0 Å². The van der Waals surface area contributed by atoms with Crippen molar-refractivity contribution in [3.63, 3.8) is 0 Å². The Morgan fingerprint density at radius 3 is 2.19 bits per heavy atom. The van der Waals surface area contributed by atoms with Crippen molar-refractivity contribution >= 4 is 5.97 Å². The summed E-state index contributed by atoms with van der Waals surface area (Å²) in [4.78, 5) is 12.6. The van der Waals surface area contributed by atoms with Crippen molar-refractivity contribution in [2.45, 2.75) is 220 Å². The van der Waals surface area contributed by atoms with Gasteiger partial charge in [0.1, 0.15) is 31.0 Å². The van der Waals surface area contributed by atoms with Crippen LogP contribution in [0, 0.1) is 46.3 Å². The van der Waals surface area contributed by atoms with Crippen LogP contribution in [0.5, 0.6) is 0 Å². The first-order valence-electron chi connectivity index (χ1n) is 23.9. The van der Waals surface area contributed by atoms with E-state index in [0.29, 0.717) is 29.6 Å². The molecule has 0 aromatic rings. The molecule has 4 aliphatic carbocycles. The molecular weight excluding hydrogens is 713 g/mol. The molecule has 0 spiro atoms. The third-order valence-corrected chi connectivity index (χ3v) is 16.1. The summed E-state index contributed by atoms with van der Waals surface area (Å²) in [6, 6.07) is 0. The number of aliphatic hydroxyl groups excluding tert-OH is 3. The number of ether oxygens (including phenoxy) is 3. The summed E-state index contributed by atoms with van der Waals surface area (Å²) in [6.07, 6.45) is 26.3. The van der Waals surface area contributed by atoms with Gasteiger partial charge < -0.3 is 29.5 Å². The molecule has 5 rings (SSSR count). The summed E-state index contributed by atoms with van der Waals surface area (Å²) in [5.41, 5.74) is 3.27. The molecule has 0 bridgehead atoms. The standard InChI is InChI=1S/C50H84O7/c1-8-10-11-12-13-14-15-16-17-18-19-20-21-44(51)55-33-43-45(52)46(53)47(54)48(57-43)56-38-28-30-49(6)37(32-38)24-25-39-41-27-26-40(50(41,7)31-29-42(39)49)35(5)22-23-36(9-2)34(3)4/h22-24,35-36,38-43,45-48,52-54H,3,8-21,25-33H2,1-2,4-7H3/b23-22+/t35-,36+,38+,39+,40-,41+,42+,43-,45-,46+,47-,48-,49+,50-/m1/s1. The Hall–Kier alpha value is -1.51. The number of hydrogen-bond acceptors (Lipinski definition) is 7. The molecule has 326 valence electrons. The minimum atomic E-state index is -1.45. The normalized spacial score (nSPS) is 37.5. The molecule has 1 saturated heterocycles. The summed E-state index contributed by atoms with van der Waals surface area (Å²) < 4.78 is 18.0. The van der Waals surface area contributed by atoms with Gasteiger partial charge in [-0.05, 0) is 117 Å². The molecule has 1 heterocycles. The first-order chi connectivity index (χ1) is 27.3. The Balaban J connectivity index is 1.07. The van der Waals surface area contributed by atoms with Gasteiger partial charge in [0.25, 0.3) is 0 Å². The van der Waals surface area contributed by atoms with Gasteiger partial charge in [-0.1, -0.05) is 141 Å². The van der Waals surface area contributed by atoms with Gasteiger partial charge >= 0.3 is 5.97 Å². The zero-order valence-corrected chi connectivity index (χ0v) is 37.1. The maximum Gasteiger partial charge on any atom is 0.305 e. The summed E-state index contributed by atoms with van der Waals surface area (Å²) in [6.45, 7) is 18.3. The van der Waals surface area contributed by atoms with Crippen LogP contribution in [0.25, 0.3) is 0 Å². The molecule has 7 heteroatoms. The van der Waals surface area contributed by atoms with Crippen LogP contribution in [0.3, 0.4) is 0 Å². The molecule has 3 N–H and O–H groups in total. The summed E-state index contributed by atoms with van der Waals surface area (Å²) in [7, 11) is 0. The Kier molecular flexibility index (Phi) is 17.8. The van der Waals surface area contributed by atoms with Crippen LogP contribution >= 0.6 is 0 Å². The maximum absolute atomic E-state index is 12.6. The highest BCUT2D eigenvalue weighted by atomic mass is 16.7.